The van der Waals surface area contributed by atoms with Crippen LogP contribution >= 0.6 is 11.3 Å². The Labute approximate surface area is 174 Å². The van der Waals surface area contributed by atoms with Crippen LogP contribution < -0.4 is 10.5 Å². The quantitative estimate of drug-likeness (QED) is 0.681. The first-order chi connectivity index (χ1) is 13.6. The zero-order chi connectivity index (χ0) is 21.0. The molecule has 0 aliphatic heterocycles. The van der Waals surface area contributed by atoms with Crippen LogP contribution in [0.1, 0.15) is 67.1 Å². The number of hydrogen-bond acceptors (Lipinski definition) is 6. The number of nitrogens with one attached hydrogen (secondary N) is 1. The molecule has 29 heavy (non-hydrogen) atoms. The van der Waals surface area contributed by atoms with Crippen LogP contribution in [0.25, 0.3) is 0 Å². The number of carbonyl (C=O) groups excluding carboxylic acids is 1. The Kier molecular flexibility index (Phi) is 5.01. The Morgan fingerprint density at radius 2 is 2.14 bits per heavy atom. The minimum absolute atomic E-state index is 0.156. The third kappa shape index (κ3) is 3.81. The van der Waals surface area contributed by atoms with E-state index in [1.54, 1.807) is 13.8 Å². The number of aromatic nitrogens is 2. The summed E-state index contributed by atoms with van der Waals surface area (Å²) in [7, 11) is -3.47. The Morgan fingerprint density at radius 3 is 2.83 bits per heavy atom. The van der Waals surface area contributed by atoms with Crippen molar-refractivity contribution in [2.24, 2.45) is 9.50 Å². The van der Waals surface area contributed by atoms with Crippen molar-refractivity contribution in [2.75, 3.05) is 5.32 Å². The first-order valence-corrected chi connectivity index (χ1v) is 12.0. The van der Waals surface area contributed by atoms with E-state index in [0.29, 0.717) is 10.9 Å². The average molecular weight is 436 g/mol. The normalized spacial score (nSPS) is 20.1. The number of thiazole rings is 1. The molecule has 2 amide bonds. The minimum Gasteiger partial charge on any atom is -0.383 e. The molecule has 0 spiro atoms. The number of aryl methyl sites for hydroxylation is 2. The van der Waals surface area contributed by atoms with Crippen molar-refractivity contribution in [3.05, 3.63) is 33.7 Å². The van der Waals surface area contributed by atoms with Crippen LogP contribution in [0, 0.1) is 0 Å². The molecule has 156 valence electrons. The molecule has 0 bridgehead atoms. The van der Waals surface area contributed by atoms with Gasteiger partial charge < -0.3 is 10.4 Å². The standard InChI is InChI=1S/C19H25N5O3S2/c1-10-7-8-13-15(10)16(11-5-4-6-12(11)22-13)23-18(25)24-29(20,27)14-9-21-17(28-14)19(2,3)26/h9-10,26H,4-8H2,1-3H3,(H3,20,22,23,24,25,27). The molecule has 0 aromatic carbocycles. The van der Waals surface area contributed by atoms with E-state index < -0.39 is 21.5 Å². The molecule has 4 rings (SSSR count). The maximum Gasteiger partial charge on any atom is 0.354 e. The second kappa shape index (κ2) is 7.12. The topological polar surface area (TPSA) is 131 Å². The summed E-state index contributed by atoms with van der Waals surface area (Å²) in [5, 5.41) is 19.2. The van der Waals surface area contributed by atoms with Gasteiger partial charge in [-0.1, -0.05) is 6.92 Å². The Balaban J connectivity index is 1.67. The fourth-order valence-corrected chi connectivity index (χ4v) is 6.05. The van der Waals surface area contributed by atoms with Gasteiger partial charge in [0.15, 0.2) is 9.92 Å². The number of fused-ring (bicyclic) bond motifs is 2. The lowest BCUT2D eigenvalue weighted by Crippen LogP contribution is -2.18. The van der Waals surface area contributed by atoms with Crippen LogP contribution in [-0.2, 0) is 34.8 Å². The van der Waals surface area contributed by atoms with Gasteiger partial charge in [0.05, 0.1) is 11.9 Å². The van der Waals surface area contributed by atoms with Crippen molar-refractivity contribution in [1.82, 2.24) is 9.97 Å². The van der Waals surface area contributed by atoms with Crippen molar-refractivity contribution in [1.29, 1.82) is 0 Å². The van der Waals surface area contributed by atoms with Crippen molar-refractivity contribution >= 4 is 33.0 Å². The van der Waals surface area contributed by atoms with Gasteiger partial charge in [-0.05, 0) is 57.4 Å². The van der Waals surface area contributed by atoms with E-state index in [1.807, 2.05) is 0 Å². The highest BCUT2D eigenvalue weighted by atomic mass is 32.2. The highest BCUT2D eigenvalue weighted by Crippen LogP contribution is 2.42. The molecular weight excluding hydrogens is 410 g/mol. The number of amides is 2. The molecule has 10 heteroatoms. The summed E-state index contributed by atoms with van der Waals surface area (Å²) in [6.45, 7) is 5.27. The van der Waals surface area contributed by atoms with Gasteiger partial charge in [-0.2, -0.15) is 0 Å². The van der Waals surface area contributed by atoms with Crippen LogP contribution in [0.15, 0.2) is 14.8 Å². The summed E-state index contributed by atoms with van der Waals surface area (Å²) < 4.78 is 16.8. The molecule has 2 heterocycles. The smallest absolute Gasteiger partial charge is 0.354 e. The average Bonchev–Trinajstić information content (AvgIpc) is 3.33. The number of nitrogens with two attached hydrogens (primary N) is 1. The number of rotatable bonds is 3. The maximum absolute atomic E-state index is 12.9. The van der Waals surface area contributed by atoms with Gasteiger partial charge in [-0.15, -0.1) is 15.7 Å². The van der Waals surface area contributed by atoms with Crippen LogP contribution in [-0.4, -0.2) is 25.3 Å². The third-order valence-corrected chi connectivity index (χ3v) is 8.58. The number of anilines is 1. The molecule has 2 aliphatic carbocycles. The summed E-state index contributed by atoms with van der Waals surface area (Å²) in [6.07, 6.45) is 5.98. The van der Waals surface area contributed by atoms with Crippen LogP contribution in [0.2, 0.25) is 0 Å². The van der Waals surface area contributed by atoms with Gasteiger partial charge in [0.1, 0.15) is 14.8 Å². The van der Waals surface area contributed by atoms with Gasteiger partial charge in [0, 0.05) is 17.0 Å². The molecule has 2 unspecified atom stereocenters. The van der Waals surface area contributed by atoms with E-state index in [1.165, 1.54) is 6.20 Å². The predicted octanol–water partition coefficient (Wildman–Crippen LogP) is 3.24. The van der Waals surface area contributed by atoms with Gasteiger partial charge in [-0.25, -0.2) is 19.1 Å². The molecule has 0 radical (unpaired) electrons. The molecule has 2 atom stereocenters. The summed E-state index contributed by atoms with van der Waals surface area (Å²) in [4.78, 5) is 21.6. The van der Waals surface area contributed by atoms with E-state index in [9.17, 15) is 14.1 Å². The number of nitrogens with zero attached hydrogens (tertiary/aromatic N) is 3. The zero-order valence-corrected chi connectivity index (χ0v) is 18.3. The molecular formula is C19H25N5O3S2. The second-order valence-corrected chi connectivity index (χ2v) is 11.2. The van der Waals surface area contributed by atoms with E-state index in [-0.39, 0.29) is 4.21 Å². The van der Waals surface area contributed by atoms with Crippen LogP contribution in [0.3, 0.4) is 0 Å². The molecule has 0 saturated carbocycles. The highest BCUT2D eigenvalue weighted by Gasteiger charge is 2.30. The van der Waals surface area contributed by atoms with Crippen molar-refractivity contribution in [3.8, 4) is 0 Å². The Hall–Kier alpha value is -1.88. The molecule has 0 fully saturated rings. The molecule has 4 N–H and O–H groups in total. The lowest BCUT2D eigenvalue weighted by Gasteiger charge is -2.16. The molecule has 2 aromatic rings. The second-order valence-electron chi connectivity index (χ2n) is 8.20. The monoisotopic (exact) mass is 435 g/mol. The zero-order valence-electron chi connectivity index (χ0n) is 16.7. The fourth-order valence-electron chi connectivity index (χ4n) is 3.99. The SMILES string of the molecule is CC1CCc2nc3c(c(NC(=O)N=S(N)(=O)c4cnc(C(C)(C)O)s4)c21)CCC3. The maximum atomic E-state index is 12.9. The van der Waals surface area contributed by atoms with Gasteiger partial charge in [0.2, 0.25) is 0 Å². The van der Waals surface area contributed by atoms with E-state index in [4.69, 9.17) is 10.1 Å². The van der Waals surface area contributed by atoms with Gasteiger partial charge >= 0.3 is 6.03 Å². The summed E-state index contributed by atoms with van der Waals surface area (Å²) in [6, 6.07) is -0.739. The third-order valence-electron chi connectivity index (χ3n) is 5.39. The van der Waals surface area contributed by atoms with Crippen LogP contribution in [0.5, 0.6) is 0 Å². The molecule has 8 nitrogen and oxygen atoms in total. The largest absolute Gasteiger partial charge is 0.383 e. The predicted molar refractivity (Wildman–Crippen MR) is 112 cm³/mol. The van der Waals surface area contributed by atoms with Crippen molar-refractivity contribution < 1.29 is 14.1 Å². The number of aliphatic hydroxyl groups is 1. The molecule has 2 aliphatic rings. The van der Waals surface area contributed by atoms with Crippen LogP contribution in [0.4, 0.5) is 10.5 Å². The Bertz CT molecular complexity index is 1110. The summed E-state index contributed by atoms with van der Waals surface area (Å²) in [5.74, 6) is 0.303. The number of hydrogen-bond donors (Lipinski definition) is 3. The highest BCUT2D eigenvalue weighted by molar-refractivity contribution is 7.93. The van der Waals surface area contributed by atoms with E-state index in [0.717, 1.165) is 71.6 Å². The number of pyridine rings is 1. The summed E-state index contributed by atoms with van der Waals surface area (Å²) in [5.41, 5.74) is 3.80. The number of urea groups is 1. The summed E-state index contributed by atoms with van der Waals surface area (Å²) >= 11 is 0.990. The first-order valence-electron chi connectivity index (χ1n) is 9.65. The van der Waals surface area contributed by atoms with E-state index in [2.05, 4.69) is 21.6 Å². The lowest BCUT2D eigenvalue weighted by atomic mass is 9.99. The van der Waals surface area contributed by atoms with Gasteiger partial charge in [-0.3, -0.25) is 4.98 Å². The minimum atomic E-state index is -3.47. The fraction of sp³-hybridized carbons (Fsp3) is 0.526. The molecule has 2 aromatic heterocycles. The lowest BCUT2D eigenvalue weighted by molar-refractivity contribution is 0.0783. The van der Waals surface area contributed by atoms with Crippen molar-refractivity contribution in [3.63, 3.8) is 0 Å². The van der Waals surface area contributed by atoms with Gasteiger partial charge in [0.25, 0.3) is 0 Å². The first kappa shape index (κ1) is 20.4. The molecule has 0 saturated heterocycles. The van der Waals surface area contributed by atoms with E-state index >= 15 is 0 Å². The number of carbonyl (C=O) groups is 1. The van der Waals surface area contributed by atoms with Crippen molar-refractivity contribution in [2.45, 2.75) is 68.6 Å². The Morgan fingerprint density at radius 1 is 1.38 bits per heavy atom.